The maximum atomic E-state index is 10.2. The minimum absolute atomic E-state index is 0.482. The topological polar surface area (TPSA) is 72.4 Å². The lowest BCUT2D eigenvalue weighted by molar-refractivity contribution is -0.0236. The molecule has 0 unspecified atom stereocenters. The number of aromatic amines is 1. The van der Waals surface area contributed by atoms with Gasteiger partial charge in [-0.05, 0) is 44.2 Å². The largest absolute Gasteiger partial charge is 0.388 e. The number of guanidine groups is 1. The molecule has 0 spiro atoms. The van der Waals surface area contributed by atoms with E-state index in [1.54, 1.807) is 0 Å². The summed E-state index contributed by atoms with van der Waals surface area (Å²) < 4.78 is 0. The Morgan fingerprint density at radius 2 is 2.13 bits per heavy atom. The van der Waals surface area contributed by atoms with Crippen LogP contribution in [0.4, 0.5) is 0 Å². The van der Waals surface area contributed by atoms with Crippen molar-refractivity contribution in [1.82, 2.24) is 15.6 Å². The van der Waals surface area contributed by atoms with Crippen molar-refractivity contribution in [3.05, 3.63) is 36.0 Å². The van der Waals surface area contributed by atoms with Gasteiger partial charge < -0.3 is 20.7 Å². The first-order valence-corrected chi connectivity index (χ1v) is 8.50. The molecule has 0 atom stereocenters. The van der Waals surface area contributed by atoms with E-state index in [1.165, 1.54) is 16.5 Å². The predicted octanol–water partition coefficient (Wildman–Crippen LogP) is 2.18. The zero-order valence-corrected chi connectivity index (χ0v) is 13.7. The molecule has 0 radical (unpaired) electrons. The van der Waals surface area contributed by atoms with Crippen LogP contribution in [0.1, 0.15) is 31.7 Å². The van der Waals surface area contributed by atoms with Crippen LogP contribution in [0, 0.1) is 0 Å². The molecular formula is C18H26N4O. The first-order chi connectivity index (χ1) is 11.2. The normalized spacial score (nSPS) is 17.0. The van der Waals surface area contributed by atoms with Gasteiger partial charge in [0.2, 0.25) is 0 Å². The Bertz CT molecular complexity index is 672. The SMILES string of the molecule is CCNC(=NCC1(O)CCC1)NCCc1c[nH]c2ccccc12. The maximum absolute atomic E-state index is 10.2. The smallest absolute Gasteiger partial charge is 0.191 e. The first kappa shape index (κ1) is 15.9. The molecule has 1 heterocycles. The average Bonchev–Trinajstić information content (AvgIpc) is 2.94. The Morgan fingerprint density at radius 1 is 1.30 bits per heavy atom. The second-order valence-electron chi connectivity index (χ2n) is 6.31. The number of hydrogen-bond donors (Lipinski definition) is 4. The van der Waals surface area contributed by atoms with Gasteiger partial charge in [0.05, 0.1) is 12.1 Å². The van der Waals surface area contributed by atoms with Crippen LogP contribution in [-0.4, -0.2) is 41.3 Å². The van der Waals surface area contributed by atoms with Gasteiger partial charge in [0, 0.05) is 30.2 Å². The highest BCUT2D eigenvalue weighted by atomic mass is 16.3. The second-order valence-corrected chi connectivity index (χ2v) is 6.31. The molecule has 5 heteroatoms. The van der Waals surface area contributed by atoms with Crippen LogP contribution < -0.4 is 10.6 Å². The van der Waals surface area contributed by atoms with Crippen molar-refractivity contribution >= 4 is 16.9 Å². The average molecular weight is 314 g/mol. The van der Waals surface area contributed by atoms with Crippen molar-refractivity contribution in [2.24, 2.45) is 4.99 Å². The van der Waals surface area contributed by atoms with Crippen molar-refractivity contribution < 1.29 is 5.11 Å². The van der Waals surface area contributed by atoms with Gasteiger partial charge in [-0.25, -0.2) is 0 Å². The molecule has 1 aromatic carbocycles. The zero-order valence-electron chi connectivity index (χ0n) is 13.7. The molecule has 1 aromatic heterocycles. The molecule has 1 saturated carbocycles. The molecule has 5 nitrogen and oxygen atoms in total. The molecule has 3 rings (SSSR count). The Balaban J connectivity index is 1.55. The highest BCUT2D eigenvalue weighted by molar-refractivity contribution is 5.83. The molecule has 23 heavy (non-hydrogen) atoms. The monoisotopic (exact) mass is 314 g/mol. The van der Waals surface area contributed by atoms with Crippen molar-refractivity contribution in [1.29, 1.82) is 0 Å². The summed E-state index contributed by atoms with van der Waals surface area (Å²) in [4.78, 5) is 7.83. The highest BCUT2D eigenvalue weighted by Gasteiger charge is 2.34. The molecular weight excluding hydrogens is 288 g/mol. The van der Waals surface area contributed by atoms with E-state index in [1.807, 2.05) is 6.07 Å². The van der Waals surface area contributed by atoms with Gasteiger partial charge in [0.1, 0.15) is 0 Å². The van der Waals surface area contributed by atoms with Crippen LogP contribution >= 0.6 is 0 Å². The summed E-state index contributed by atoms with van der Waals surface area (Å²) in [6.45, 7) is 4.16. The Kier molecular flexibility index (Phi) is 4.86. The van der Waals surface area contributed by atoms with Crippen LogP contribution in [0.5, 0.6) is 0 Å². The van der Waals surface area contributed by atoms with Crippen LogP contribution in [-0.2, 0) is 6.42 Å². The van der Waals surface area contributed by atoms with Gasteiger partial charge in [-0.3, -0.25) is 4.99 Å². The van der Waals surface area contributed by atoms with E-state index in [4.69, 9.17) is 0 Å². The fraction of sp³-hybridized carbons (Fsp3) is 0.500. The number of H-pyrrole nitrogens is 1. The summed E-state index contributed by atoms with van der Waals surface area (Å²) in [6.07, 6.45) is 5.85. The van der Waals surface area contributed by atoms with E-state index in [0.717, 1.165) is 44.7 Å². The number of aromatic nitrogens is 1. The van der Waals surface area contributed by atoms with Crippen LogP contribution in [0.25, 0.3) is 10.9 Å². The Hall–Kier alpha value is -2.01. The van der Waals surface area contributed by atoms with Gasteiger partial charge in [-0.1, -0.05) is 18.2 Å². The lowest BCUT2D eigenvalue weighted by Gasteiger charge is -2.35. The summed E-state index contributed by atoms with van der Waals surface area (Å²) in [7, 11) is 0. The number of aliphatic hydroxyl groups is 1. The third kappa shape index (κ3) is 3.85. The third-order valence-corrected chi connectivity index (χ3v) is 4.52. The summed E-state index contributed by atoms with van der Waals surface area (Å²) >= 11 is 0. The molecule has 2 aromatic rings. The molecule has 1 fully saturated rings. The van der Waals surface area contributed by atoms with Gasteiger partial charge in [-0.15, -0.1) is 0 Å². The minimum atomic E-state index is -0.570. The number of para-hydroxylation sites is 1. The molecule has 0 bridgehead atoms. The summed E-state index contributed by atoms with van der Waals surface area (Å²) in [5.41, 5.74) is 1.91. The van der Waals surface area contributed by atoms with E-state index in [9.17, 15) is 5.11 Å². The Morgan fingerprint density at radius 3 is 2.87 bits per heavy atom. The van der Waals surface area contributed by atoms with Crippen LogP contribution in [0.2, 0.25) is 0 Å². The van der Waals surface area contributed by atoms with E-state index in [2.05, 4.69) is 51.9 Å². The first-order valence-electron chi connectivity index (χ1n) is 8.50. The quantitative estimate of drug-likeness (QED) is 0.488. The highest BCUT2D eigenvalue weighted by Crippen LogP contribution is 2.31. The van der Waals surface area contributed by atoms with Gasteiger partial charge in [0.15, 0.2) is 5.96 Å². The van der Waals surface area contributed by atoms with Crippen molar-refractivity contribution in [3.8, 4) is 0 Å². The molecule has 1 aliphatic rings. The fourth-order valence-electron chi connectivity index (χ4n) is 2.96. The summed E-state index contributed by atoms with van der Waals surface area (Å²) in [5.74, 6) is 0.785. The van der Waals surface area contributed by atoms with E-state index in [0.29, 0.717) is 6.54 Å². The fourth-order valence-corrected chi connectivity index (χ4v) is 2.96. The maximum Gasteiger partial charge on any atom is 0.191 e. The summed E-state index contributed by atoms with van der Waals surface area (Å²) in [5, 5.41) is 18.0. The standard InChI is InChI=1S/C18H26N4O/c1-2-19-17(22-13-18(23)9-5-10-18)20-11-8-14-12-21-16-7-4-3-6-15(14)16/h3-4,6-7,12,21,23H,2,5,8-11,13H2,1H3,(H2,19,20,22). The number of aliphatic imine (C=N–C) groups is 1. The van der Waals surface area contributed by atoms with E-state index in [-0.39, 0.29) is 0 Å². The number of rotatable bonds is 6. The molecule has 4 N–H and O–H groups in total. The second kappa shape index (κ2) is 7.04. The van der Waals surface area contributed by atoms with Crippen molar-refractivity contribution in [2.45, 2.75) is 38.2 Å². The van der Waals surface area contributed by atoms with Crippen molar-refractivity contribution in [3.63, 3.8) is 0 Å². The number of hydrogen-bond acceptors (Lipinski definition) is 2. The minimum Gasteiger partial charge on any atom is -0.388 e. The number of nitrogens with zero attached hydrogens (tertiary/aromatic N) is 1. The molecule has 0 aliphatic heterocycles. The number of benzene rings is 1. The van der Waals surface area contributed by atoms with Gasteiger partial charge >= 0.3 is 0 Å². The van der Waals surface area contributed by atoms with Gasteiger partial charge in [-0.2, -0.15) is 0 Å². The van der Waals surface area contributed by atoms with Crippen molar-refractivity contribution in [2.75, 3.05) is 19.6 Å². The third-order valence-electron chi connectivity index (χ3n) is 4.52. The van der Waals surface area contributed by atoms with E-state index < -0.39 is 5.60 Å². The summed E-state index contributed by atoms with van der Waals surface area (Å²) in [6, 6.07) is 8.35. The van der Waals surface area contributed by atoms with Crippen LogP contribution in [0.15, 0.2) is 35.5 Å². The molecule has 1 aliphatic carbocycles. The number of nitrogens with one attached hydrogen (secondary N) is 3. The Labute approximate surface area is 137 Å². The number of fused-ring (bicyclic) bond motifs is 1. The lowest BCUT2D eigenvalue weighted by Crippen LogP contribution is -2.43. The molecule has 0 amide bonds. The van der Waals surface area contributed by atoms with Crippen LogP contribution in [0.3, 0.4) is 0 Å². The lowest BCUT2D eigenvalue weighted by atomic mass is 9.80. The predicted molar refractivity (Wildman–Crippen MR) is 94.8 cm³/mol. The van der Waals surface area contributed by atoms with E-state index >= 15 is 0 Å². The molecule has 124 valence electrons. The zero-order chi connectivity index (χ0) is 16.1. The van der Waals surface area contributed by atoms with Gasteiger partial charge in [0.25, 0.3) is 0 Å². The molecule has 0 saturated heterocycles.